The van der Waals surface area contributed by atoms with E-state index in [1.807, 2.05) is 54.6 Å². The van der Waals surface area contributed by atoms with E-state index in [1.165, 1.54) is 33.5 Å². The average molecular weight is 697 g/mol. The van der Waals surface area contributed by atoms with Crippen LogP contribution in [0.4, 0.5) is 0 Å². The number of benzene rings is 4. The third-order valence-electron chi connectivity index (χ3n) is 7.71. The Labute approximate surface area is 285 Å². The number of ether oxygens (including phenoxy) is 2. The zero-order valence-electron chi connectivity index (χ0n) is 25.6. The second kappa shape index (κ2) is 16.3. The second-order valence-electron chi connectivity index (χ2n) is 11.0. The predicted octanol–water partition coefficient (Wildman–Crippen LogP) is 5.35. The van der Waals surface area contributed by atoms with Crippen molar-refractivity contribution in [2.24, 2.45) is 0 Å². The molecule has 0 unspecified atom stereocenters. The van der Waals surface area contributed by atoms with E-state index in [0.717, 1.165) is 16.7 Å². The molecule has 1 saturated heterocycles. The first-order valence-corrected chi connectivity index (χ1v) is 17.3. The van der Waals surface area contributed by atoms with Gasteiger partial charge in [-0.1, -0.05) is 77.8 Å². The molecule has 0 spiro atoms. The fraction of sp³-hybridized carbons (Fsp3) is 0.257. The van der Waals surface area contributed by atoms with Gasteiger partial charge in [-0.05, 0) is 65.2 Å². The monoisotopic (exact) mass is 695 g/mol. The zero-order valence-corrected chi connectivity index (χ0v) is 27.9. The minimum absolute atomic E-state index is 0.127. The van der Waals surface area contributed by atoms with Crippen LogP contribution in [0.1, 0.15) is 16.7 Å². The van der Waals surface area contributed by atoms with E-state index >= 15 is 0 Å². The summed E-state index contributed by atoms with van der Waals surface area (Å²) in [6.45, 7) is 1.27. The fourth-order valence-electron chi connectivity index (χ4n) is 5.12. The molecule has 1 heterocycles. The van der Waals surface area contributed by atoms with Crippen molar-refractivity contribution >= 4 is 45.0 Å². The summed E-state index contributed by atoms with van der Waals surface area (Å²) in [4.78, 5) is 29.4. The number of halogens is 2. The lowest BCUT2D eigenvalue weighted by Crippen LogP contribution is -2.51. The largest absolute Gasteiger partial charge is 0.484 e. The first-order chi connectivity index (χ1) is 22.7. The summed E-state index contributed by atoms with van der Waals surface area (Å²) in [6, 6.07) is 28.8. The highest BCUT2D eigenvalue weighted by Crippen LogP contribution is 2.22. The molecule has 246 valence electrons. The van der Waals surface area contributed by atoms with E-state index in [2.05, 4.69) is 5.32 Å². The van der Waals surface area contributed by atoms with Crippen LogP contribution in [-0.4, -0.2) is 68.4 Å². The number of nitrogens with zero attached hydrogens (tertiary/aromatic N) is 2. The van der Waals surface area contributed by atoms with Crippen molar-refractivity contribution in [3.05, 3.63) is 130 Å². The van der Waals surface area contributed by atoms with Crippen LogP contribution in [-0.2, 0) is 43.9 Å². The molecule has 1 fully saturated rings. The van der Waals surface area contributed by atoms with Gasteiger partial charge in [0.2, 0.25) is 15.9 Å². The van der Waals surface area contributed by atoms with Crippen LogP contribution in [0.3, 0.4) is 0 Å². The van der Waals surface area contributed by atoms with Crippen molar-refractivity contribution < 1.29 is 27.5 Å². The molecule has 4 aromatic rings. The maximum atomic E-state index is 13.9. The third-order valence-corrected chi connectivity index (χ3v) is 10.1. The minimum atomic E-state index is -3.68. The minimum Gasteiger partial charge on any atom is -0.484 e. The maximum Gasteiger partial charge on any atom is 0.261 e. The van der Waals surface area contributed by atoms with Gasteiger partial charge in [-0.25, -0.2) is 8.42 Å². The van der Waals surface area contributed by atoms with Crippen LogP contribution in [0.25, 0.3) is 0 Å². The molecule has 47 heavy (non-hydrogen) atoms. The molecule has 1 aliphatic heterocycles. The number of sulfonamides is 1. The van der Waals surface area contributed by atoms with Gasteiger partial charge in [0.15, 0.2) is 6.61 Å². The highest BCUT2D eigenvalue weighted by Gasteiger charge is 2.31. The topological polar surface area (TPSA) is 105 Å². The van der Waals surface area contributed by atoms with E-state index in [1.54, 1.807) is 24.3 Å². The lowest BCUT2D eigenvalue weighted by Gasteiger charge is -2.31. The summed E-state index contributed by atoms with van der Waals surface area (Å²) in [6.07, 6.45) is 0.265. The smallest absolute Gasteiger partial charge is 0.261 e. The van der Waals surface area contributed by atoms with Gasteiger partial charge >= 0.3 is 0 Å². The molecule has 0 radical (unpaired) electrons. The summed E-state index contributed by atoms with van der Waals surface area (Å²) in [7, 11) is -3.68. The van der Waals surface area contributed by atoms with Gasteiger partial charge in [0, 0.05) is 42.6 Å². The van der Waals surface area contributed by atoms with Crippen molar-refractivity contribution in [1.82, 2.24) is 14.5 Å². The number of amides is 2. The Morgan fingerprint density at radius 1 is 0.809 bits per heavy atom. The summed E-state index contributed by atoms with van der Waals surface area (Å²) in [5.41, 5.74) is 2.52. The zero-order chi connectivity index (χ0) is 33.2. The number of rotatable bonds is 13. The Bertz CT molecular complexity index is 1730. The van der Waals surface area contributed by atoms with Gasteiger partial charge in [0.1, 0.15) is 11.8 Å². The standard InChI is InChI=1S/C35H35Cl2N3O6S/c36-29-10-6-27(7-11-29)23-38-35(42)33(22-26-4-2-1-3-5-26)40(24-28-8-12-30(37)13-9-28)34(41)25-46-31-14-16-32(17-15-31)47(43,44)39-18-20-45-21-19-39/h1-17,33H,18-25H2,(H,38,42)/t33-/m0/s1. The highest BCUT2D eigenvalue weighted by atomic mass is 35.5. The molecular weight excluding hydrogens is 661 g/mol. The lowest BCUT2D eigenvalue weighted by atomic mass is 10.0. The fourth-order valence-corrected chi connectivity index (χ4v) is 6.78. The quantitative estimate of drug-likeness (QED) is 0.202. The van der Waals surface area contributed by atoms with Gasteiger partial charge in [-0.2, -0.15) is 4.31 Å². The summed E-state index contributed by atoms with van der Waals surface area (Å²) < 4.78 is 38.5. The SMILES string of the molecule is O=C(NCc1ccc(Cl)cc1)[C@H](Cc1ccccc1)N(Cc1ccc(Cl)cc1)C(=O)COc1ccc(S(=O)(=O)N2CCOCC2)cc1. The van der Waals surface area contributed by atoms with E-state index in [9.17, 15) is 18.0 Å². The Hall–Kier alpha value is -3.93. The number of carbonyl (C=O) groups is 2. The number of hydrogen-bond acceptors (Lipinski definition) is 6. The molecule has 0 aliphatic carbocycles. The van der Waals surface area contributed by atoms with Gasteiger partial charge in [-0.3, -0.25) is 9.59 Å². The first-order valence-electron chi connectivity index (χ1n) is 15.1. The van der Waals surface area contributed by atoms with Crippen molar-refractivity contribution in [2.45, 2.75) is 30.4 Å². The number of carbonyl (C=O) groups excluding carboxylic acids is 2. The molecular formula is C35H35Cl2N3O6S. The maximum absolute atomic E-state index is 13.9. The predicted molar refractivity (Wildman–Crippen MR) is 181 cm³/mol. The van der Waals surface area contributed by atoms with Crippen molar-refractivity contribution in [1.29, 1.82) is 0 Å². The molecule has 4 aromatic carbocycles. The van der Waals surface area contributed by atoms with E-state index in [0.29, 0.717) is 29.0 Å². The molecule has 1 atom stereocenters. The molecule has 2 amide bonds. The second-order valence-corrected chi connectivity index (χ2v) is 13.8. The lowest BCUT2D eigenvalue weighted by molar-refractivity contribution is -0.142. The molecule has 1 aliphatic rings. The van der Waals surface area contributed by atoms with Crippen LogP contribution in [0.2, 0.25) is 10.0 Å². The Balaban J connectivity index is 1.35. The van der Waals surface area contributed by atoms with E-state index in [4.69, 9.17) is 32.7 Å². The average Bonchev–Trinajstić information content (AvgIpc) is 3.10. The molecule has 9 nitrogen and oxygen atoms in total. The third kappa shape index (κ3) is 9.56. The van der Waals surface area contributed by atoms with Crippen molar-refractivity contribution in [3.8, 4) is 5.75 Å². The molecule has 1 N–H and O–H groups in total. The van der Waals surface area contributed by atoms with Gasteiger partial charge in [0.05, 0.1) is 18.1 Å². The highest BCUT2D eigenvalue weighted by molar-refractivity contribution is 7.89. The number of morpholine rings is 1. The van der Waals surface area contributed by atoms with Crippen LogP contribution in [0, 0.1) is 0 Å². The van der Waals surface area contributed by atoms with Crippen LogP contribution >= 0.6 is 23.2 Å². The summed E-state index contributed by atoms with van der Waals surface area (Å²) in [5, 5.41) is 4.13. The normalized spacial score (nSPS) is 14.3. The molecule has 12 heteroatoms. The Morgan fingerprint density at radius 2 is 1.40 bits per heavy atom. The van der Waals surface area contributed by atoms with Crippen molar-refractivity contribution in [2.75, 3.05) is 32.9 Å². The number of hydrogen-bond donors (Lipinski definition) is 1. The Morgan fingerprint density at radius 3 is 2.02 bits per heavy atom. The van der Waals surface area contributed by atoms with E-state index in [-0.39, 0.29) is 50.0 Å². The van der Waals surface area contributed by atoms with E-state index < -0.39 is 22.0 Å². The molecule has 0 bridgehead atoms. The molecule has 5 rings (SSSR count). The molecule has 0 saturated carbocycles. The van der Waals surface area contributed by atoms with Gasteiger partial charge in [0.25, 0.3) is 5.91 Å². The molecule has 0 aromatic heterocycles. The summed E-state index contributed by atoms with van der Waals surface area (Å²) in [5.74, 6) is -0.436. The number of nitrogens with one attached hydrogen (secondary N) is 1. The van der Waals surface area contributed by atoms with Gasteiger partial charge < -0.3 is 19.7 Å². The van der Waals surface area contributed by atoms with Crippen LogP contribution < -0.4 is 10.1 Å². The van der Waals surface area contributed by atoms with Gasteiger partial charge in [-0.15, -0.1) is 0 Å². The first kappa shape index (κ1) is 34.4. The Kier molecular flexibility index (Phi) is 11.9. The van der Waals surface area contributed by atoms with Crippen molar-refractivity contribution in [3.63, 3.8) is 0 Å². The van der Waals surface area contributed by atoms with Crippen LogP contribution in [0.15, 0.2) is 108 Å². The summed E-state index contributed by atoms with van der Waals surface area (Å²) >= 11 is 12.2. The van der Waals surface area contributed by atoms with Crippen LogP contribution in [0.5, 0.6) is 5.75 Å².